The van der Waals surface area contributed by atoms with E-state index in [-0.39, 0.29) is 9.52 Å². The Hall–Kier alpha value is -1.43. The standard InChI is InChI=1S/C26H34Si3/c1-28(2,3)18-11-13-20-21-14-12-19(29(4,5)6)16-23(21)24(22(20)15-18)26-25(27-26)17-9-7-8-10-17/h7-9,11-16,24-26H,10,27H2,1-6H3. The molecule has 1 aliphatic heterocycles. The Bertz CT molecular complexity index is 983. The first-order valence-electron chi connectivity index (χ1n) is 11.3. The van der Waals surface area contributed by atoms with E-state index >= 15 is 0 Å². The molecule has 0 nitrogen and oxygen atoms in total. The Kier molecular flexibility index (Phi) is 4.40. The maximum atomic E-state index is 2.63. The molecule has 0 saturated carbocycles. The van der Waals surface area contributed by atoms with Crippen molar-refractivity contribution >= 4 is 36.0 Å². The first-order chi connectivity index (χ1) is 13.6. The van der Waals surface area contributed by atoms with E-state index in [0.29, 0.717) is 5.92 Å². The predicted molar refractivity (Wildman–Crippen MR) is 138 cm³/mol. The molecule has 2 unspecified atom stereocenters. The summed E-state index contributed by atoms with van der Waals surface area (Å²) >= 11 is 0. The molecule has 1 fully saturated rings. The Labute approximate surface area is 181 Å². The monoisotopic (exact) mass is 430 g/mol. The van der Waals surface area contributed by atoms with Gasteiger partial charge >= 0.3 is 0 Å². The largest absolute Gasteiger partial charge is 0.0805 e. The normalized spacial score (nSPS) is 24.0. The summed E-state index contributed by atoms with van der Waals surface area (Å²) in [5.41, 5.74) is 9.99. The molecule has 0 spiro atoms. The Balaban J connectivity index is 1.63. The van der Waals surface area contributed by atoms with Gasteiger partial charge in [-0.2, -0.15) is 0 Å². The zero-order chi connectivity index (χ0) is 20.6. The van der Waals surface area contributed by atoms with Gasteiger partial charge in [0.2, 0.25) is 0 Å². The van der Waals surface area contributed by atoms with Crippen molar-refractivity contribution in [3.8, 4) is 11.1 Å². The van der Waals surface area contributed by atoms with Crippen LogP contribution < -0.4 is 10.4 Å². The molecule has 0 amide bonds. The molecule has 1 saturated heterocycles. The van der Waals surface area contributed by atoms with E-state index in [1.807, 2.05) is 0 Å². The van der Waals surface area contributed by atoms with Gasteiger partial charge < -0.3 is 0 Å². The van der Waals surface area contributed by atoms with E-state index in [1.54, 1.807) is 27.1 Å². The third kappa shape index (κ3) is 3.31. The lowest BCUT2D eigenvalue weighted by Gasteiger charge is -2.22. The van der Waals surface area contributed by atoms with E-state index in [1.165, 1.54) is 17.5 Å². The summed E-state index contributed by atoms with van der Waals surface area (Å²) in [6.07, 6.45) is 8.26. The maximum absolute atomic E-state index is 2.63. The van der Waals surface area contributed by atoms with Gasteiger partial charge in [-0.05, 0) is 39.8 Å². The van der Waals surface area contributed by atoms with Crippen molar-refractivity contribution in [2.75, 3.05) is 0 Å². The van der Waals surface area contributed by atoms with Gasteiger partial charge in [0, 0.05) is 15.4 Å². The molecule has 29 heavy (non-hydrogen) atoms. The molecule has 0 N–H and O–H groups in total. The van der Waals surface area contributed by atoms with Crippen molar-refractivity contribution in [2.45, 2.75) is 62.7 Å². The molecule has 2 aromatic rings. The summed E-state index contributed by atoms with van der Waals surface area (Å²) in [5.74, 6) is 0.658. The minimum Gasteiger partial charge on any atom is -0.0805 e. The fourth-order valence-electron chi connectivity index (χ4n) is 5.44. The second-order valence-corrected chi connectivity index (χ2v) is 23.9. The third-order valence-corrected chi connectivity index (χ3v) is 13.9. The van der Waals surface area contributed by atoms with Gasteiger partial charge in [0.15, 0.2) is 0 Å². The van der Waals surface area contributed by atoms with Crippen LogP contribution in [0.4, 0.5) is 0 Å². The highest BCUT2D eigenvalue weighted by Crippen LogP contribution is 2.63. The second kappa shape index (κ2) is 6.53. The van der Waals surface area contributed by atoms with Crippen LogP contribution in [0.5, 0.6) is 0 Å². The van der Waals surface area contributed by atoms with Crippen LogP contribution >= 0.6 is 0 Å². The van der Waals surface area contributed by atoms with Crippen LogP contribution in [-0.4, -0.2) is 25.7 Å². The molecular formula is C26H34Si3. The second-order valence-electron chi connectivity index (χ2n) is 11.5. The Morgan fingerprint density at radius 1 is 0.793 bits per heavy atom. The number of fused-ring (bicyclic) bond motifs is 3. The van der Waals surface area contributed by atoms with Crippen molar-refractivity contribution in [1.29, 1.82) is 0 Å². The highest BCUT2D eigenvalue weighted by molar-refractivity contribution is 6.89. The van der Waals surface area contributed by atoms with Gasteiger partial charge in [-0.15, -0.1) is 0 Å². The molecule has 3 heteroatoms. The van der Waals surface area contributed by atoms with Crippen molar-refractivity contribution in [3.05, 3.63) is 71.3 Å². The first kappa shape index (κ1) is 19.5. The molecule has 2 aromatic carbocycles. The number of hydrogen-bond donors (Lipinski definition) is 0. The molecule has 0 aromatic heterocycles. The summed E-state index contributed by atoms with van der Waals surface area (Å²) in [7, 11) is -2.64. The molecule has 2 atom stereocenters. The average Bonchev–Trinajstić information content (AvgIpc) is 3.11. The molecule has 0 radical (unpaired) electrons. The van der Waals surface area contributed by atoms with Crippen LogP contribution in [-0.2, 0) is 0 Å². The minimum absolute atomic E-state index is 0.0217. The van der Waals surface area contributed by atoms with Crippen LogP contribution in [0.2, 0.25) is 50.4 Å². The molecular weight excluding hydrogens is 397 g/mol. The maximum Gasteiger partial charge on any atom is 0.0776 e. The molecule has 0 bridgehead atoms. The van der Waals surface area contributed by atoms with Gasteiger partial charge in [-0.25, -0.2) is 0 Å². The number of benzene rings is 2. The summed E-state index contributed by atoms with van der Waals surface area (Å²) in [6.45, 7) is 14.9. The van der Waals surface area contributed by atoms with Crippen molar-refractivity contribution in [2.24, 2.45) is 0 Å². The van der Waals surface area contributed by atoms with Gasteiger partial charge in [0.1, 0.15) is 0 Å². The summed E-state index contributed by atoms with van der Waals surface area (Å²) in [6, 6.07) is 15.1. The molecule has 3 aliphatic rings. The highest BCUT2D eigenvalue weighted by Gasteiger charge is 2.49. The van der Waals surface area contributed by atoms with Crippen LogP contribution in [0.1, 0.15) is 23.5 Å². The molecule has 2 aliphatic carbocycles. The fourth-order valence-corrected chi connectivity index (χ4v) is 10.2. The highest BCUT2D eigenvalue weighted by atomic mass is 28.3. The summed E-state index contributed by atoms with van der Waals surface area (Å²) in [4.78, 5) is 0. The average molecular weight is 431 g/mol. The minimum atomic E-state index is -1.31. The van der Waals surface area contributed by atoms with Gasteiger partial charge in [-0.3, -0.25) is 0 Å². The van der Waals surface area contributed by atoms with Crippen LogP contribution in [0.15, 0.2) is 60.2 Å². The molecule has 1 heterocycles. The van der Waals surface area contributed by atoms with Crippen molar-refractivity contribution in [3.63, 3.8) is 0 Å². The third-order valence-electron chi connectivity index (χ3n) is 7.34. The smallest absolute Gasteiger partial charge is 0.0776 e. The van der Waals surface area contributed by atoms with Crippen LogP contribution in [0.3, 0.4) is 0 Å². The van der Waals surface area contributed by atoms with Crippen LogP contribution in [0, 0.1) is 0 Å². The van der Waals surface area contributed by atoms with E-state index in [0.717, 1.165) is 11.1 Å². The van der Waals surface area contributed by atoms with Gasteiger partial charge in [-0.1, -0.05) is 110 Å². The van der Waals surface area contributed by atoms with Crippen molar-refractivity contribution < 1.29 is 0 Å². The van der Waals surface area contributed by atoms with Gasteiger partial charge in [0.25, 0.3) is 0 Å². The topological polar surface area (TPSA) is 0 Å². The van der Waals surface area contributed by atoms with E-state index in [2.05, 4.69) is 93.9 Å². The number of rotatable bonds is 4. The summed E-state index contributed by atoms with van der Waals surface area (Å²) in [5, 5.41) is 3.25. The zero-order valence-electron chi connectivity index (χ0n) is 18.8. The lowest BCUT2D eigenvalue weighted by atomic mass is 9.90. The van der Waals surface area contributed by atoms with Crippen molar-refractivity contribution in [1.82, 2.24) is 0 Å². The SMILES string of the molecule is C[Si](C)(C)c1ccc2c(c1)C(C1[SiH2]C1C1=CC=CC1)c1cc([Si](C)(C)C)ccc1-2. The van der Waals surface area contributed by atoms with E-state index in [9.17, 15) is 0 Å². The first-order valence-corrected chi connectivity index (χ1v) is 19.9. The fraction of sp³-hybridized carbons (Fsp3) is 0.385. The Morgan fingerprint density at radius 2 is 1.34 bits per heavy atom. The number of allylic oxidation sites excluding steroid dienone is 4. The Morgan fingerprint density at radius 3 is 1.79 bits per heavy atom. The molecule has 5 rings (SSSR count). The quantitative estimate of drug-likeness (QED) is 0.559. The van der Waals surface area contributed by atoms with Gasteiger partial charge in [0.05, 0.1) is 16.1 Å². The lowest BCUT2D eigenvalue weighted by Crippen LogP contribution is -2.37. The summed E-state index contributed by atoms with van der Waals surface area (Å²) < 4.78 is 0. The van der Waals surface area contributed by atoms with E-state index < -0.39 is 16.1 Å². The lowest BCUT2D eigenvalue weighted by molar-refractivity contribution is 0.802. The molecule has 150 valence electrons. The van der Waals surface area contributed by atoms with Crippen LogP contribution in [0.25, 0.3) is 11.1 Å². The zero-order valence-corrected chi connectivity index (χ0v) is 22.3. The van der Waals surface area contributed by atoms with E-state index in [4.69, 9.17) is 0 Å². The predicted octanol–water partition coefficient (Wildman–Crippen LogP) is 5.54. The number of hydrogen-bond acceptors (Lipinski definition) is 0.